The second-order valence-corrected chi connectivity index (χ2v) is 4.11. The van der Waals surface area contributed by atoms with Gasteiger partial charge in [0.15, 0.2) is 0 Å². The maximum Gasteiger partial charge on any atom is 0.261 e. The molecule has 0 bridgehead atoms. The van der Waals surface area contributed by atoms with Crippen LogP contribution in [0.3, 0.4) is 0 Å². The highest BCUT2D eigenvalue weighted by Crippen LogP contribution is 2.07. The van der Waals surface area contributed by atoms with Crippen molar-refractivity contribution >= 4 is 10.0 Å². The van der Waals surface area contributed by atoms with Crippen LogP contribution in [0.1, 0.15) is 5.69 Å². The van der Waals surface area contributed by atoms with E-state index in [-0.39, 0.29) is 5.03 Å². The summed E-state index contributed by atoms with van der Waals surface area (Å²) in [6.07, 6.45) is 0. The largest absolute Gasteiger partial charge is 0.261 e. The Morgan fingerprint density at radius 1 is 1.50 bits per heavy atom. The molecule has 0 radical (unpaired) electrons. The number of aryl methyl sites for hydroxylation is 1. The predicted molar refractivity (Wildman–Crippen MR) is 42.0 cm³/mol. The molecule has 1 aromatic rings. The summed E-state index contributed by atoms with van der Waals surface area (Å²) in [6.45, 7) is 1.64. The Hall–Kier alpha value is -0.950. The van der Waals surface area contributed by atoms with E-state index < -0.39 is 10.0 Å². The van der Waals surface area contributed by atoms with Crippen LogP contribution in [0.4, 0.5) is 0 Å². The molecule has 0 spiro atoms. The van der Waals surface area contributed by atoms with E-state index >= 15 is 0 Å². The number of nitrogens with zero attached hydrogens (tertiary/aromatic N) is 3. The summed E-state index contributed by atoms with van der Waals surface area (Å²) in [6, 6.07) is 0. The molecule has 7 heteroatoms. The number of hydrogen-bond acceptors (Lipinski definition) is 4. The molecule has 0 aliphatic carbocycles. The Morgan fingerprint density at radius 3 is 2.42 bits per heavy atom. The molecule has 0 saturated heterocycles. The minimum atomic E-state index is -3.45. The summed E-state index contributed by atoms with van der Waals surface area (Å²) < 4.78 is 26.0. The van der Waals surface area contributed by atoms with Crippen molar-refractivity contribution in [2.24, 2.45) is 7.05 Å². The smallest absolute Gasteiger partial charge is 0.251 e. The van der Waals surface area contributed by atoms with E-state index in [2.05, 4.69) is 15.0 Å². The Bertz CT molecular complexity index is 380. The van der Waals surface area contributed by atoms with E-state index in [4.69, 9.17) is 0 Å². The summed E-state index contributed by atoms with van der Waals surface area (Å²) in [5.41, 5.74) is 0.518. The SMILES string of the molecule is CNS(=O)(=O)c1nnn(C)c1C. The van der Waals surface area contributed by atoms with Gasteiger partial charge in [-0.15, -0.1) is 5.10 Å². The van der Waals surface area contributed by atoms with Crippen molar-refractivity contribution < 1.29 is 8.42 Å². The van der Waals surface area contributed by atoms with Crippen molar-refractivity contribution in [1.82, 2.24) is 19.7 Å². The van der Waals surface area contributed by atoms with Crippen molar-refractivity contribution in [2.45, 2.75) is 11.9 Å². The number of hydrogen-bond donors (Lipinski definition) is 1. The fourth-order valence-corrected chi connectivity index (χ4v) is 1.59. The van der Waals surface area contributed by atoms with Gasteiger partial charge >= 0.3 is 0 Å². The average Bonchev–Trinajstić information content (AvgIpc) is 2.33. The van der Waals surface area contributed by atoms with Crippen LogP contribution in [0.25, 0.3) is 0 Å². The van der Waals surface area contributed by atoms with Crippen molar-refractivity contribution in [2.75, 3.05) is 7.05 Å². The second-order valence-electron chi connectivity index (χ2n) is 2.31. The van der Waals surface area contributed by atoms with Crippen molar-refractivity contribution in [3.05, 3.63) is 5.69 Å². The Labute approximate surface area is 70.6 Å². The summed E-state index contributed by atoms with van der Waals surface area (Å²) in [5.74, 6) is 0. The summed E-state index contributed by atoms with van der Waals surface area (Å²) in [7, 11) is -0.480. The van der Waals surface area contributed by atoms with E-state index in [1.165, 1.54) is 11.7 Å². The number of sulfonamides is 1. The first-order chi connectivity index (χ1) is 5.49. The first-order valence-electron chi connectivity index (χ1n) is 3.29. The molecule has 68 valence electrons. The molecule has 0 aliphatic rings. The summed E-state index contributed by atoms with van der Waals surface area (Å²) in [4.78, 5) is 0. The number of aromatic nitrogens is 3. The van der Waals surface area contributed by atoms with Gasteiger partial charge in [-0.05, 0) is 14.0 Å². The van der Waals surface area contributed by atoms with Gasteiger partial charge in [-0.3, -0.25) is 4.68 Å². The average molecular weight is 190 g/mol. The lowest BCUT2D eigenvalue weighted by Crippen LogP contribution is -2.20. The molecule has 1 N–H and O–H groups in total. The van der Waals surface area contributed by atoms with E-state index in [9.17, 15) is 8.42 Å². The minimum absolute atomic E-state index is 0.0208. The maximum absolute atomic E-state index is 11.2. The van der Waals surface area contributed by atoms with Crippen LogP contribution in [0.2, 0.25) is 0 Å². The highest BCUT2D eigenvalue weighted by atomic mass is 32.2. The van der Waals surface area contributed by atoms with Gasteiger partial charge in [0.2, 0.25) is 5.03 Å². The van der Waals surface area contributed by atoms with Gasteiger partial charge in [-0.1, -0.05) is 5.21 Å². The van der Waals surface area contributed by atoms with Crippen LogP contribution in [-0.4, -0.2) is 30.5 Å². The standard InChI is InChI=1S/C5H10N4O2S/c1-4-5(7-8-9(4)3)12(10,11)6-2/h6H,1-3H3. The third kappa shape index (κ3) is 1.32. The van der Waals surface area contributed by atoms with Gasteiger partial charge in [-0.25, -0.2) is 13.1 Å². The Morgan fingerprint density at radius 2 is 2.08 bits per heavy atom. The predicted octanol–water partition coefficient (Wildman–Crippen LogP) is -0.968. The Balaban J connectivity index is 3.30. The quantitative estimate of drug-likeness (QED) is 0.651. The van der Waals surface area contributed by atoms with Gasteiger partial charge in [0.05, 0.1) is 5.69 Å². The summed E-state index contributed by atoms with van der Waals surface area (Å²) >= 11 is 0. The highest BCUT2D eigenvalue weighted by molar-refractivity contribution is 7.89. The van der Waals surface area contributed by atoms with Gasteiger partial charge in [-0.2, -0.15) is 0 Å². The zero-order valence-electron chi connectivity index (χ0n) is 7.07. The lowest BCUT2D eigenvalue weighted by atomic mass is 10.5. The normalized spacial score (nSPS) is 11.9. The molecule has 0 saturated carbocycles. The molecule has 0 unspecified atom stereocenters. The lowest BCUT2D eigenvalue weighted by molar-refractivity contribution is 0.583. The van der Waals surface area contributed by atoms with E-state index in [0.29, 0.717) is 5.69 Å². The van der Waals surface area contributed by atoms with Crippen LogP contribution in [0, 0.1) is 6.92 Å². The van der Waals surface area contributed by atoms with E-state index in [0.717, 1.165) is 0 Å². The monoisotopic (exact) mass is 190 g/mol. The molecule has 0 amide bonds. The van der Waals surface area contributed by atoms with Crippen LogP contribution in [0.15, 0.2) is 5.03 Å². The zero-order chi connectivity index (χ0) is 9.35. The minimum Gasteiger partial charge on any atom is -0.251 e. The van der Waals surface area contributed by atoms with Crippen molar-refractivity contribution in [3.63, 3.8) is 0 Å². The molecule has 1 rings (SSSR count). The third-order valence-electron chi connectivity index (χ3n) is 1.59. The number of nitrogens with one attached hydrogen (secondary N) is 1. The molecule has 12 heavy (non-hydrogen) atoms. The molecule has 0 aromatic carbocycles. The molecular formula is C5H10N4O2S. The van der Waals surface area contributed by atoms with Gasteiger partial charge < -0.3 is 0 Å². The fraction of sp³-hybridized carbons (Fsp3) is 0.600. The second kappa shape index (κ2) is 2.83. The van der Waals surface area contributed by atoms with Gasteiger partial charge in [0.1, 0.15) is 0 Å². The molecule has 1 heterocycles. The molecule has 6 nitrogen and oxygen atoms in total. The van der Waals surface area contributed by atoms with E-state index in [1.807, 2.05) is 0 Å². The van der Waals surface area contributed by atoms with Crippen LogP contribution in [0.5, 0.6) is 0 Å². The van der Waals surface area contributed by atoms with Crippen molar-refractivity contribution in [1.29, 1.82) is 0 Å². The third-order valence-corrected chi connectivity index (χ3v) is 3.01. The molecule has 0 aliphatic heterocycles. The zero-order valence-corrected chi connectivity index (χ0v) is 7.88. The Kier molecular flexibility index (Phi) is 2.16. The van der Waals surface area contributed by atoms with Crippen LogP contribution >= 0.6 is 0 Å². The molecule has 0 atom stereocenters. The van der Waals surface area contributed by atoms with E-state index in [1.54, 1.807) is 14.0 Å². The maximum atomic E-state index is 11.2. The lowest BCUT2D eigenvalue weighted by Gasteiger charge is -1.97. The van der Waals surface area contributed by atoms with Gasteiger partial charge in [0.25, 0.3) is 10.0 Å². The van der Waals surface area contributed by atoms with Crippen LogP contribution in [-0.2, 0) is 17.1 Å². The van der Waals surface area contributed by atoms with Crippen LogP contribution < -0.4 is 4.72 Å². The van der Waals surface area contributed by atoms with Crippen molar-refractivity contribution in [3.8, 4) is 0 Å². The number of rotatable bonds is 2. The van der Waals surface area contributed by atoms with Gasteiger partial charge in [0, 0.05) is 7.05 Å². The first-order valence-corrected chi connectivity index (χ1v) is 4.77. The fourth-order valence-electron chi connectivity index (χ4n) is 0.730. The topological polar surface area (TPSA) is 76.9 Å². The molecule has 1 aromatic heterocycles. The molecular weight excluding hydrogens is 180 g/mol. The highest BCUT2D eigenvalue weighted by Gasteiger charge is 2.19. The summed E-state index contributed by atoms with van der Waals surface area (Å²) in [5, 5.41) is 7.08. The first kappa shape index (κ1) is 9.14. The molecule has 0 fully saturated rings.